The molecule has 1 saturated heterocycles. The Labute approximate surface area is 94.5 Å². The van der Waals surface area contributed by atoms with Crippen LogP contribution < -0.4 is 0 Å². The topological polar surface area (TPSA) is 40.6 Å². The van der Waals surface area contributed by atoms with E-state index in [-0.39, 0.29) is 12.4 Å². The van der Waals surface area contributed by atoms with Gasteiger partial charge >= 0.3 is 0 Å². The zero-order valence-corrected chi connectivity index (χ0v) is 9.74. The SMILES string of the molecule is CN1CCN(Cc2cccc(F)c2)S1(=O)=O. The average Bonchev–Trinajstić information content (AvgIpc) is 2.45. The van der Waals surface area contributed by atoms with Crippen molar-refractivity contribution in [2.24, 2.45) is 0 Å². The van der Waals surface area contributed by atoms with Gasteiger partial charge in [-0.2, -0.15) is 17.0 Å². The minimum Gasteiger partial charge on any atom is -0.207 e. The van der Waals surface area contributed by atoms with Crippen LogP contribution in [0.5, 0.6) is 0 Å². The van der Waals surface area contributed by atoms with Crippen molar-refractivity contribution in [2.45, 2.75) is 6.54 Å². The summed E-state index contributed by atoms with van der Waals surface area (Å²) in [6.45, 7) is 1.16. The highest BCUT2D eigenvalue weighted by atomic mass is 32.2. The third kappa shape index (κ3) is 2.09. The van der Waals surface area contributed by atoms with E-state index in [0.717, 1.165) is 0 Å². The van der Waals surface area contributed by atoms with E-state index >= 15 is 0 Å². The summed E-state index contributed by atoms with van der Waals surface area (Å²) in [5.41, 5.74) is 0.666. The third-order valence-electron chi connectivity index (χ3n) is 2.63. The molecule has 1 aliphatic rings. The number of nitrogens with zero attached hydrogens (tertiary/aromatic N) is 2. The van der Waals surface area contributed by atoms with Crippen LogP contribution in [0.3, 0.4) is 0 Å². The van der Waals surface area contributed by atoms with Gasteiger partial charge in [0, 0.05) is 26.7 Å². The summed E-state index contributed by atoms with van der Waals surface area (Å²) >= 11 is 0. The van der Waals surface area contributed by atoms with E-state index in [1.54, 1.807) is 19.2 Å². The summed E-state index contributed by atoms with van der Waals surface area (Å²) in [5, 5.41) is 0. The molecule has 0 amide bonds. The fourth-order valence-corrected chi connectivity index (χ4v) is 3.01. The molecule has 1 aliphatic heterocycles. The molecule has 1 aromatic rings. The van der Waals surface area contributed by atoms with E-state index in [1.807, 2.05) is 0 Å². The Morgan fingerprint density at radius 3 is 2.69 bits per heavy atom. The Balaban J connectivity index is 2.18. The molecule has 0 saturated carbocycles. The summed E-state index contributed by atoms with van der Waals surface area (Å²) in [4.78, 5) is 0. The lowest BCUT2D eigenvalue weighted by Crippen LogP contribution is -2.30. The molecule has 0 unspecified atom stereocenters. The highest BCUT2D eigenvalue weighted by Crippen LogP contribution is 2.17. The summed E-state index contributed by atoms with van der Waals surface area (Å²) in [6.07, 6.45) is 0. The Hall–Kier alpha value is -0.980. The molecule has 0 spiro atoms. The lowest BCUT2D eigenvalue weighted by Gasteiger charge is -2.15. The van der Waals surface area contributed by atoms with E-state index in [1.165, 1.54) is 20.7 Å². The van der Waals surface area contributed by atoms with Gasteiger partial charge in [-0.1, -0.05) is 12.1 Å². The van der Waals surface area contributed by atoms with Crippen molar-refractivity contribution in [1.82, 2.24) is 8.61 Å². The second kappa shape index (κ2) is 4.12. The molecular formula is C10H13FN2O2S. The van der Waals surface area contributed by atoms with E-state index in [9.17, 15) is 12.8 Å². The normalized spacial score (nSPS) is 21.4. The number of likely N-dealkylation sites (N-methyl/N-ethyl adjacent to an activating group) is 1. The summed E-state index contributed by atoms with van der Waals surface area (Å²) < 4.78 is 39.1. The maximum absolute atomic E-state index is 12.9. The van der Waals surface area contributed by atoms with Gasteiger partial charge in [0.1, 0.15) is 5.82 Å². The maximum atomic E-state index is 12.9. The van der Waals surface area contributed by atoms with Crippen LogP contribution in [0.25, 0.3) is 0 Å². The molecule has 6 heteroatoms. The number of hydrogen-bond donors (Lipinski definition) is 0. The van der Waals surface area contributed by atoms with Gasteiger partial charge in [0.05, 0.1) is 0 Å². The van der Waals surface area contributed by atoms with Gasteiger partial charge in [-0.15, -0.1) is 0 Å². The highest BCUT2D eigenvalue weighted by Gasteiger charge is 2.33. The molecule has 1 aromatic carbocycles. The molecule has 88 valence electrons. The van der Waals surface area contributed by atoms with Gasteiger partial charge in [0.2, 0.25) is 0 Å². The van der Waals surface area contributed by atoms with Crippen LogP contribution in [0, 0.1) is 5.82 Å². The molecule has 2 rings (SSSR count). The predicted octanol–water partition coefficient (Wildman–Crippen LogP) is 0.818. The van der Waals surface area contributed by atoms with Crippen molar-refractivity contribution in [3.8, 4) is 0 Å². The zero-order valence-electron chi connectivity index (χ0n) is 8.93. The van der Waals surface area contributed by atoms with E-state index < -0.39 is 10.2 Å². The quantitative estimate of drug-likeness (QED) is 0.772. The predicted molar refractivity (Wildman–Crippen MR) is 58.4 cm³/mol. The van der Waals surface area contributed by atoms with Gasteiger partial charge in [0.15, 0.2) is 0 Å². The Kier molecular flexibility index (Phi) is 2.96. The molecule has 16 heavy (non-hydrogen) atoms. The van der Waals surface area contributed by atoms with E-state index in [0.29, 0.717) is 18.7 Å². The number of rotatable bonds is 2. The number of benzene rings is 1. The van der Waals surface area contributed by atoms with Gasteiger partial charge in [-0.05, 0) is 17.7 Å². The Morgan fingerprint density at radius 1 is 1.38 bits per heavy atom. The minimum atomic E-state index is -3.33. The first kappa shape index (κ1) is 11.5. The first-order chi connectivity index (χ1) is 7.50. The first-order valence-corrected chi connectivity index (χ1v) is 6.36. The monoisotopic (exact) mass is 244 g/mol. The van der Waals surface area contributed by atoms with Gasteiger partial charge < -0.3 is 0 Å². The lowest BCUT2D eigenvalue weighted by molar-refractivity contribution is 0.443. The van der Waals surface area contributed by atoms with Crippen molar-refractivity contribution < 1.29 is 12.8 Å². The highest BCUT2D eigenvalue weighted by molar-refractivity contribution is 7.86. The number of halogens is 1. The van der Waals surface area contributed by atoms with E-state index in [2.05, 4.69) is 0 Å². The molecule has 1 heterocycles. The van der Waals surface area contributed by atoms with Gasteiger partial charge in [-0.25, -0.2) is 4.39 Å². The van der Waals surface area contributed by atoms with Crippen molar-refractivity contribution in [3.05, 3.63) is 35.6 Å². The second-order valence-electron chi connectivity index (χ2n) is 3.79. The Bertz CT molecular complexity index is 489. The summed E-state index contributed by atoms with van der Waals surface area (Å²) in [6, 6.07) is 6.00. The largest absolute Gasteiger partial charge is 0.282 e. The molecule has 0 N–H and O–H groups in total. The molecule has 1 fully saturated rings. The molecule has 0 atom stereocenters. The van der Waals surface area contributed by atoms with Crippen molar-refractivity contribution in [1.29, 1.82) is 0 Å². The maximum Gasteiger partial charge on any atom is 0.282 e. The fraction of sp³-hybridized carbons (Fsp3) is 0.400. The van der Waals surface area contributed by atoms with Crippen LogP contribution in [-0.2, 0) is 16.8 Å². The zero-order chi connectivity index (χ0) is 11.8. The van der Waals surface area contributed by atoms with Gasteiger partial charge in [-0.3, -0.25) is 0 Å². The molecule has 0 bridgehead atoms. The van der Waals surface area contributed by atoms with Crippen molar-refractivity contribution in [3.63, 3.8) is 0 Å². The van der Waals surface area contributed by atoms with Crippen molar-refractivity contribution >= 4 is 10.2 Å². The van der Waals surface area contributed by atoms with Crippen LogP contribution in [-0.4, -0.2) is 37.2 Å². The lowest BCUT2D eigenvalue weighted by atomic mass is 10.2. The Morgan fingerprint density at radius 2 is 2.12 bits per heavy atom. The summed E-state index contributed by atoms with van der Waals surface area (Å²) in [7, 11) is -1.79. The standard InChI is InChI=1S/C10H13FN2O2S/c1-12-5-6-13(16(12,14)15)8-9-3-2-4-10(11)7-9/h2-4,7H,5-6,8H2,1H3. The van der Waals surface area contributed by atoms with Crippen LogP contribution >= 0.6 is 0 Å². The summed E-state index contributed by atoms with van der Waals surface area (Å²) in [5.74, 6) is -0.345. The van der Waals surface area contributed by atoms with E-state index in [4.69, 9.17) is 0 Å². The van der Waals surface area contributed by atoms with Crippen LogP contribution in [0.1, 0.15) is 5.56 Å². The second-order valence-corrected chi connectivity index (χ2v) is 5.83. The molecule has 0 aromatic heterocycles. The van der Waals surface area contributed by atoms with Crippen LogP contribution in [0.2, 0.25) is 0 Å². The average molecular weight is 244 g/mol. The van der Waals surface area contributed by atoms with Crippen LogP contribution in [0.4, 0.5) is 4.39 Å². The fourth-order valence-electron chi connectivity index (χ4n) is 1.68. The number of hydrogen-bond acceptors (Lipinski definition) is 2. The molecular weight excluding hydrogens is 231 g/mol. The van der Waals surface area contributed by atoms with Gasteiger partial charge in [0.25, 0.3) is 10.2 Å². The minimum absolute atomic E-state index is 0.227. The smallest absolute Gasteiger partial charge is 0.207 e. The molecule has 0 radical (unpaired) electrons. The molecule has 4 nitrogen and oxygen atoms in total. The third-order valence-corrected chi connectivity index (χ3v) is 4.57. The van der Waals surface area contributed by atoms with Crippen LogP contribution in [0.15, 0.2) is 24.3 Å². The molecule has 0 aliphatic carbocycles. The first-order valence-electron chi connectivity index (χ1n) is 4.96. The van der Waals surface area contributed by atoms with Crippen molar-refractivity contribution in [2.75, 3.05) is 20.1 Å².